The third-order valence-electron chi connectivity index (χ3n) is 7.44. The number of unbranched alkanes of at least 4 members (excludes halogenated alkanes) is 1. The Morgan fingerprint density at radius 3 is 2.33 bits per heavy atom. The van der Waals surface area contributed by atoms with Crippen LogP contribution in [0.4, 0.5) is 0 Å². The molecule has 7 rings (SSSR count). The predicted molar refractivity (Wildman–Crippen MR) is 171 cm³/mol. The average Bonchev–Trinajstić information content (AvgIpc) is 3.82. The minimum absolute atomic E-state index is 0.264. The molecule has 0 radical (unpaired) electrons. The number of H-pyrrole nitrogens is 1. The number of nitrogens with one attached hydrogen (secondary N) is 2. The van der Waals surface area contributed by atoms with Gasteiger partial charge in [0.15, 0.2) is 0 Å². The topological polar surface area (TPSA) is 123 Å². The Kier molecular flexibility index (Phi) is 6.84. The molecule has 0 spiro atoms. The number of benzene rings is 1. The van der Waals surface area contributed by atoms with Gasteiger partial charge in [0, 0.05) is 35.9 Å². The number of hydrogen-bond donors (Lipinski definition) is 3. The quantitative estimate of drug-likeness (QED) is 0.312. The van der Waals surface area contributed by atoms with E-state index in [0.717, 1.165) is 68.1 Å². The van der Waals surface area contributed by atoms with Crippen LogP contribution in [0.25, 0.3) is 11.6 Å². The highest BCUT2D eigenvalue weighted by molar-refractivity contribution is 7.85. The van der Waals surface area contributed by atoms with E-state index in [1.165, 1.54) is 0 Å². The molecule has 3 N–H and O–H groups in total. The first-order valence-electron chi connectivity index (χ1n) is 14.0. The van der Waals surface area contributed by atoms with Crippen molar-refractivity contribution in [3.05, 3.63) is 143 Å². The zero-order valence-corrected chi connectivity index (χ0v) is 23.9. The Bertz CT molecular complexity index is 1960. The minimum Gasteiger partial charge on any atom is -0.355 e. The summed E-state index contributed by atoms with van der Waals surface area (Å²) in [4.78, 5) is 20.5. The number of aromatic nitrogens is 1. The van der Waals surface area contributed by atoms with Crippen LogP contribution >= 0.6 is 0 Å². The standard InChI is InChI=1S/C33H28N6O3S/c40-43(41,42)19-5-4-17-39-18-16-34-33(39)32-29-14-10-25(37-29)20-23-8-12-27(35-23)31(22-6-2-1-3-7-22)28-13-9-24(36-28)21-26-11-15-30(32)38-26/h1-3,6-16,18,20-21,34-35H,4-5,17,19H2,(H,40,41,42)/b25-20?,26-21?,31-28?,33-32+. The van der Waals surface area contributed by atoms with Crippen LogP contribution in [0.5, 0.6) is 0 Å². The fraction of sp³-hybridized carbons (Fsp3) is 0.121. The molecule has 0 saturated heterocycles. The van der Waals surface area contributed by atoms with Gasteiger partial charge in [0.25, 0.3) is 10.1 Å². The minimum atomic E-state index is -3.99. The lowest BCUT2D eigenvalue weighted by Gasteiger charge is -2.21. The third-order valence-corrected chi connectivity index (χ3v) is 8.25. The summed E-state index contributed by atoms with van der Waals surface area (Å²) in [6.45, 7) is 0.558. The third kappa shape index (κ3) is 5.70. The Morgan fingerprint density at radius 1 is 0.791 bits per heavy atom. The molecular weight excluding hydrogens is 560 g/mol. The summed E-state index contributed by atoms with van der Waals surface area (Å²) in [5.41, 5.74) is 9.56. The second kappa shape index (κ2) is 11.0. The molecule has 0 unspecified atom stereocenters. The van der Waals surface area contributed by atoms with Crippen molar-refractivity contribution in [3.63, 3.8) is 0 Å². The molecule has 0 fully saturated rings. The van der Waals surface area contributed by atoms with Crippen molar-refractivity contribution < 1.29 is 13.0 Å². The van der Waals surface area contributed by atoms with Crippen LogP contribution in [-0.2, 0) is 10.1 Å². The van der Waals surface area contributed by atoms with Crippen molar-refractivity contribution in [3.8, 4) is 0 Å². The molecule has 2 aromatic rings. The Balaban J connectivity index is 1.32. The van der Waals surface area contributed by atoms with Gasteiger partial charge in [0.1, 0.15) is 5.82 Å². The van der Waals surface area contributed by atoms with Gasteiger partial charge in [-0.1, -0.05) is 30.3 Å². The van der Waals surface area contributed by atoms with Crippen LogP contribution in [-0.4, -0.2) is 52.3 Å². The molecule has 5 aliphatic heterocycles. The van der Waals surface area contributed by atoms with E-state index >= 15 is 0 Å². The van der Waals surface area contributed by atoms with E-state index in [4.69, 9.17) is 19.5 Å². The van der Waals surface area contributed by atoms with Gasteiger partial charge in [-0.3, -0.25) is 4.55 Å². The molecule has 0 atom stereocenters. The smallest absolute Gasteiger partial charge is 0.264 e. The van der Waals surface area contributed by atoms with Crippen molar-refractivity contribution in [2.75, 3.05) is 12.3 Å². The van der Waals surface area contributed by atoms with E-state index in [2.05, 4.69) is 28.5 Å². The molecule has 43 heavy (non-hydrogen) atoms. The number of nitrogens with zero attached hydrogens (tertiary/aromatic N) is 4. The van der Waals surface area contributed by atoms with Crippen LogP contribution in [0.15, 0.2) is 141 Å². The summed E-state index contributed by atoms with van der Waals surface area (Å²) < 4.78 is 31.5. The molecule has 1 aromatic carbocycles. The van der Waals surface area contributed by atoms with Crippen LogP contribution < -0.4 is 5.32 Å². The molecule has 5 aliphatic rings. The van der Waals surface area contributed by atoms with Crippen LogP contribution in [0.3, 0.4) is 0 Å². The van der Waals surface area contributed by atoms with Crippen molar-refractivity contribution >= 4 is 38.9 Å². The van der Waals surface area contributed by atoms with Gasteiger partial charge in [0.05, 0.1) is 45.6 Å². The molecule has 0 aliphatic carbocycles. The highest BCUT2D eigenvalue weighted by atomic mass is 32.2. The summed E-state index contributed by atoms with van der Waals surface area (Å²) >= 11 is 0. The molecule has 0 saturated carbocycles. The Hall–Kier alpha value is -5.06. The Labute approximate surface area is 249 Å². The van der Waals surface area contributed by atoms with Crippen LogP contribution in [0.1, 0.15) is 29.8 Å². The first kappa shape index (κ1) is 26.8. The molecule has 1 aromatic heterocycles. The summed E-state index contributed by atoms with van der Waals surface area (Å²) in [7, 11) is -3.99. The highest BCUT2D eigenvalue weighted by Crippen LogP contribution is 2.32. The lowest BCUT2D eigenvalue weighted by atomic mass is 10.0. The zero-order valence-electron chi connectivity index (χ0n) is 23.1. The van der Waals surface area contributed by atoms with Crippen molar-refractivity contribution in [1.29, 1.82) is 0 Å². The molecule has 10 heteroatoms. The zero-order chi connectivity index (χ0) is 29.4. The molecular formula is C33H28N6O3S. The first-order valence-corrected chi connectivity index (χ1v) is 15.6. The number of aromatic amines is 1. The SMILES string of the molecule is O=S(=O)(O)CCCCN1C=CN/C1=C1\C2=NC(=CC3=NC(=C(c4ccccc4)c4ccc([nH]4)C=C4C=CC1=N4)C=C3)C=C2. The van der Waals surface area contributed by atoms with Gasteiger partial charge in [-0.25, -0.2) is 15.0 Å². The predicted octanol–water partition coefficient (Wildman–Crippen LogP) is 5.30. The largest absolute Gasteiger partial charge is 0.355 e. The van der Waals surface area contributed by atoms with E-state index in [0.29, 0.717) is 19.4 Å². The van der Waals surface area contributed by atoms with Crippen molar-refractivity contribution in [1.82, 2.24) is 15.2 Å². The summed E-state index contributed by atoms with van der Waals surface area (Å²) in [5.74, 6) is 0.542. The van der Waals surface area contributed by atoms with Gasteiger partial charge >= 0.3 is 0 Å². The van der Waals surface area contributed by atoms with Gasteiger partial charge in [-0.15, -0.1) is 0 Å². The molecule has 214 valence electrons. The van der Waals surface area contributed by atoms with Gasteiger partial charge < -0.3 is 15.2 Å². The van der Waals surface area contributed by atoms with Gasteiger partial charge in [0.2, 0.25) is 0 Å². The average molecular weight is 589 g/mol. The summed E-state index contributed by atoms with van der Waals surface area (Å²) in [6.07, 6.45) is 20.6. The second-order valence-corrected chi connectivity index (χ2v) is 12.1. The lowest BCUT2D eigenvalue weighted by Crippen LogP contribution is -2.26. The maximum Gasteiger partial charge on any atom is 0.264 e. The maximum absolute atomic E-state index is 11.2. The van der Waals surface area contributed by atoms with E-state index in [9.17, 15) is 8.42 Å². The van der Waals surface area contributed by atoms with E-state index in [-0.39, 0.29) is 5.75 Å². The molecule has 0 amide bonds. The number of aliphatic imine (C=N–C) groups is 3. The van der Waals surface area contributed by atoms with Crippen LogP contribution in [0.2, 0.25) is 0 Å². The fourth-order valence-corrected chi connectivity index (χ4v) is 6.07. The molecule has 6 heterocycles. The van der Waals surface area contributed by atoms with Gasteiger partial charge in [-0.2, -0.15) is 8.42 Å². The van der Waals surface area contributed by atoms with E-state index < -0.39 is 10.1 Å². The number of hydrogen-bond acceptors (Lipinski definition) is 7. The van der Waals surface area contributed by atoms with E-state index in [1.807, 2.05) is 90.2 Å². The van der Waals surface area contributed by atoms with Crippen molar-refractivity contribution in [2.24, 2.45) is 15.0 Å². The molecule has 9 nitrogen and oxygen atoms in total. The summed E-state index contributed by atoms with van der Waals surface area (Å²) in [5, 5.41) is 3.34. The number of rotatable bonds is 6. The Morgan fingerprint density at radius 2 is 1.56 bits per heavy atom. The fourth-order valence-electron chi connectivity index (χ4n) is 5.50. The number of allylic oxidation sites excluding steroid dienone is 8. The first-order chi connectivity index (χ1) is 20.9. The normalized spacial score (nSPS) is 20.4. The maximum atomic E-state index is 11.2. The lowest BCUT2D eigenvalue weighted by molar-refractivity contribution is 0.444. The van der Waals surface area contributed by atoms with E-state index in [1.54, 1.807) is 0 Å². The van der Waals surface area contributed by atoms with Gasteiger partial charge in [-0.05, 0) is 79.1 Å². The van der Waals surface area contributed by atoms with Crippen LogP contribution in [0, 0.1) is 0 Å². The molecule has 8 bridgehead atoms. The number of fused-ring (bicyclic) bond motifs is 5. The second-order valence-electron chi connectivity index (χ2n) is 10.5. The monoisotopic (exact) mass is 588 g/mol. The van der Waals surface area contributed by atoms with Crippen molar-refractivity contribution in [2.45, 2.75) is 12.8 Å². The summed E-state index contributed by atoms with van der Waals surface area (Å²) in [6, 6.07) is 14.4. The highest BCUT2D eigenvalue weighted by Gasteiger charge is 2.26.